The molecule has 4 rings (SSSR count). The second-order valence-electron chi connectivity index (χ2n) is 8.46. The Labute approximate surface area is 184 Å². The van der Waals surface area contributed by atoms with E-state index in [0.717, 1.165) is 37.2 Å². The van der Waals surface area contributed by atoms with Crippen molar-refractivity contribution in [1.29, 1.82) is 0 Å². The highest BCUT2D eigenvalue weighted by Gasteiger charge is 2.34. The minimum Gasteiger partial charge on any atom is -0.490 e. The molecule has 0 bridgehead atoms. The van der Waals surface area contributed by atoms with Gasteiger partial charge in [-0.3, -0.25) is 0 Å². The van der Waals surface area contributed by atoms with E-state index in [-0.39, 0.29) is 11.0 Å². The van der Waals surface area contributed by atoms with Crippen LogP contribution >= 0.6 is 11.6 Å². The maximum absolute atomic E-state index is 12.7. The van der Waals surface area contributed by atoms with Crippen molar-refractivity contribution in [2.75, 3.05) is 31.6 Å². The molecule has 0 unspecified atom stereocenters. The van der Waals surface area contributed by atoms with Crippen molar-refractivity contribution in [2.45, 2.75) is 43.6 Å². The molecule has 0 spiro atoms. The third kappa shape index (κ3) is 4.61. The van der Waals surface area contributed by atoms with E-state index in [1.807, 2.05) is 0 Å². The minimum absolute atomic E-state index is 0.151. The Kier molecular flexibility index (Phi) is 6.28. The van der Waals surface area contributed by atoms with E-state index in [4.69, 9.17) is 16.3 Å². The van der Waals surface area contributed by atoms with E-state index < -0.39 is 10.0 Å². The minimum atomic E-state index is -3.49. The van der Waals surface area contributed by atoms with Crippen molar-refractivity contribution in [3.8, 4) is 5.75 Å². The monoisotopic (exact) mass is 448 g/mol. The number of hydrogen-bond donors (Lipinski definition) is 0. The molecule has 1 heterocycles. The molecule has 0 N–H and O–H groups in total. The van der Waals surface area contributed by atoms with Crippen LogP contribution in [0.15, 0.2) is 47.4 Å². The van der Waals surface area contributed by atoms with Crippen molar-refractivity contribution >= 4 is 27.3 Å². The Bertz CT molecular complexity index is 982. The fraction of sp³-hybridized carbons (Fsp3) is 0.478. The molecular formula is C23H29ClN2O3S. The first-order valence-electron chi connectivity index (χ1n) is 10.6. The Morgan fingerprint density at radius 1 is 1.10 bits per heavy atom. The predicted molar refractivity (Wildman–Crippen MR) is 121 cm³/mol. The summed E-state index contributed by atoms with van der Waals surface area (Å²) in [6, 6.07) is 12.7. The SMILES string of the molecule is Cc1cc(N2CCCC2)ccc1OC1CC(CN(C)S(=O)(=O)c2ccc(Cl)cc2)C1. The van der Waals surface area contributed by atoms with Gasteiger partial charge in [0.1, 0.15) is 5.75 Å². The van der Waals surface area contributed by atoms with Crippen LogP contribution in [-0.4, -0.2) is 45.5 Å². The summed E-state index contributed by atoms with van der Waals surface area (Å²) in [5.74, 6) is 1.25. The Morgan fingerprint density at radius 3 is 2.40 bits per heavy atom. The molecule has 162 valence electrons. The molecule has 30 heavy (non-hydrogen) atoms. The fourth-order valence-electron chi connectivity index (χ4n) is 4.29. The third-order valence-electron chi connectivity index (χ3n) is 6.15. The second-order valence-corrected chi connectivity index (χ2v) is 10.9. The maximum atomic E-state index is 12.7. The summed E-state index contributed by atoms with van der Waals surface area (Å²) in [7, 11) is -1.86. The Balaban J connectivity index is 1.29. The number of halogens is 1. The average Bonchev–Trinajstić information content (AvgIpc) is 3.22. The number of anilines is 1. The molecule has 1 saturated carbocycles. The molecule has 0 amide bonds. The van der Waals surface area contributed by atoms with Crippen molar-refractivity contribution in [2.24, 2.45) is 5.92 Å². The lowest BCUT2D eigenvalue weighted by Crippen LogP contribution is -2.42. The second kappa shape index (κ2) is 8.77. The zero-order valence-electron chi connectivity index (χ0n) is 17.6. The molecule has 2 aromatic rings. The van der Waals surface area contributed by atoms with E-state index in [1.165, 1.54) is 22.8 Å². The highest BCUT2D eigenvalue weighted by molar-refractivity contribution is 7.89. The van der Waals surface area contributed by atoms with Crippen LogP contribution in [0.4, 0.5) is 5.69 Å². The van der Waals surface area contributed by atoms with E-state index in [2.05, 4.69) is 30.0 Å². The van der Waals surface area contributed by atoms with Gasteiger partial charge in [0.2, 0.25) is 10.0 Å². The largest absolute Gasteiger partial charge is 0.490 e. The maximum Gasteiger partial charge on any atom is 0.242 e. The van der Waals surface area contributed by atoms with Gasteiger partial charge in [-0.1, -0.05) is 11.6 Å². The molecule has 1 aliphatic heterocycles. The van der Waals surface area contributed by atoms with Gasteiger partial charge >= 0.3 is 0 Å². The molecule has 5 nitrogen and oxygen atoms in total. The standard InChI is InChI=1S/C23H29ClN2O3S/c1-17-13-20(26-11-3-4-12-26)7-10-23(17)29-21-14-18(15-21)16-25(2)30(27,28)22-8-5-19(24)6-9-22/h5-10,13,18,21H,3-4,11-12,14-16H2,1-2H3. The number of ether oxygens (including phenoxy) is 1. The molecule has 7 heteroatoms. The molecule has 2 aromatic carbocycles. The first-order valence-corrected chi connectivity index (χ1v) is 12.4. The Hall–Kier alpha value is -1.76. The van der Waals surface area contributed by atoms with Crippen molar-refractivity contribution < 1.29 is 13.2 Å². The van der Waals surface area contributed by atoms with Crippen LogP contribution in [0.3, 0.4) is 0 Å². The van der Waals surface area contributed by atoms with Crippen LogP contribution in [0.5, 0.6) is 5.75 Å². The summed E-state index contributed by atoms with van der Waals surface area (Å²) in [6.45, 7) is 4.86. The van der Waals surface area contributed by atoms with Crippen LogP contribution < -0.4 is 9.64 Å². The summed E-state index contributed by atoms with van der Waals surface area (Å²) in [6.07, 6.45) is 4.42. The van der Waals surface area contributed by atoms with E-state index in [9.17, 15) is 8.42 Å². The van der Waals surface area contributed by atoms with Crippen LogP contribution in [-0.2, 0) is 10.0 Å². The van der Waals surface area contributed by atoms with Gasteiger partial charge in [0.05, 0.1) is 11.0 Å². The number of benzene rings is 2. The lowest BCUT2D eigenvalue weighted by atomic mass is 9.82. The number of aryl methyl sites for hydroxylation is 1. The third-order valence-corrected chi connectivity index (χ3v) is 8.24. The fourth-order valence-corrected chi connectivity index (χ4v) is 5.66. The van der Waals surface area contributed by atoms with Crippen molar-refractivity contribution in [3.63, 3.8) is 0 Å². The van der Waals surface area contributed by atoms with Gasteiger partial charge in [-0.2, -0.15) is 0 Å². The zero-order chi connectivity index (χ0) is 21.3. The topological polar surface area (TPSA) is 49.9 Å². The average molecular weight is 449 g/mol. The number of sulfonamides is 1. The molecule has 0 aromatic heterocycles. The summed E-state index contributed by atoms with van der Waals surface area (Å²) in [5, 5.41) is 0.527. The normalized spacial score (nSPS) is 21.7. The highest BCUT2D eigenvalue weighted by atomic mass is 35.5. The lowest BCUT2D eigenvalue weighted by Gasteiger charge is -2.37. The molecule has 2 fully saturated rings. The Morgan fingerprint density at radius 2 is 1.77 bits per heavy atom. The zero-order valence-corrected chi connectivity index (χ0v) is 19.1. The quantitative estimate of drug-likeness (QED) is 0.614. The van der Waals surface area contributed by atoms with Crippen LogP contribution in [0.2, 0.25) is 5.02 Å². The molecule has 1 aliphatic carbocycles. The van der Waals surface area contributed by atoms with Gasteiger partial charge in [-0.15, -0.1) is 0 Å². The lowest BCUT2D eigenvalue weighted by molar-refractivity contribution is 0.0570. The summed E-state index contributed by atoms with van der Waals surface area (Å²) in [5.41, 5.74) is 2.43. The van der Waals surface area contributed by atoms with Crippen LogP contribution in [0.1, 0.15) is 31.2 Å². The first kappa shape index (κ1) is 21.5. The van der Waals surface area contributed by atoms with E-state index >= 15 is 0 Å². The molecule has 0 radical (unpaired) electrons. The summed E-state index contributed by atoms with van der Waals surface area (Å²) < 4.78 is 33.1. The predicted octanol–water partition coefficient (Wildman–Crippen LogP) is 4.73. The summed E-state index contributed by atoms with van der Waals surface area (Å²) in [4.78, 5) is 2.70. The van der Waals surface area contributed by atoms with Crippen LogP contribution in [0.25, 0.3) is 0 Å². The molecule has 2 aliphatic rings. The van der Waals surface area contributed by atoms with Gasteiger partial charge in [-0.05, 0) is 86.6 Å². The van der Waals surface area contributed by atoms with Crippen molar-refractivity contribution in [1.82, 2.24) is 4.31 Å². The molecule has 0 atom stereocenters. The van der Waals surface area contributed by atoms with Crippen LogP contribution in [0, 0.1) is 12.8 Å². The van der Waals surface area contributed by atoms with Gasteiger partial charge in [0, 0.05) is 37.4 Å². The molecular weight excluding hydrogens is 420 g/mol. The number of nitrogens with zero attached hydrogens (tertiary/aromatic N) is 2. The van der Waals surface area contributed by atoms with Crippen molar-refractivity contribution in [3.05, 3.63) is 53.1 Å². The van der Waals surface area contributed by atoms with Gasteiger partial charge in [-0.25, -0.2) is 12.7 Å². The number of rotatable bonds is 7. The molecule has 1 saturated heterocycles. The summed E-state index contributed by atoms with van der Waals surface area (Å²) >= 11 is 5.87. The number of hydrogen-bond acceptors (Lipinski definition) is 4. The van der Waals surface area contributed by atoms with Gasteiger partial charge in [0.15, 0.2) is 0 Å². The highest BCUT2D eigenvalue weighted by Crippen LogP contribution is 2.35. The van der Waals surface area contributed by atoms with E-state index in [1.54, 1.807) is 31.3 Å². The van der Waals surface area contributed by atoms with Gasteiger partial charge < -0.3 is 9.64 Å². The first-order chi connectivity index (χ1) is 14.3. The smallest absolute Gasteiger partial charge is 0.242 e. The van der Waals surface area contributed by atoms with Gasteiger partial charge in [0.25, 0.3) is 0 Å². The van der Waals surface area contributed by atoms with E-state index in [0.29, 0.717) is 17.5 Å².